The zero-order valence-corrected chi connectivity index (χ0v) is 20.3. The lowest BCUT2D eigenvalue weighted by Gasteiger charge is -2.26. The number of Topliss-reactive ketones (excluding diaryl/α,β-unsaturated/α-hetero) is 1. The van der Waals surface area contributed by atoms with Crippen LogP contribution in [0.15, 0.2) is 18.2 Å². The zero-order valence-electron chi connectivity index (χ0n) is 19.1. The van der Waals surface area contributed by atoms with Crippen molar-refractivity contribution in [3.63, 3.8) is 0 Å². The number of benzene rings is 1. The van der Waals surface area contributed by atoms with E-state index in [9.17, 15) is 9.59 Å². The largest absolute Gasteiger partial charge is 0.544 e. The first-order valence-electron chi connectivity index (χ1n) is 9.84. The Labute approximate surface area is 172 Å². The second-order valence-corrected chi connectivity index (χ2v) is 11.9. The van der Waals surface area contributed by atoms with Gasteiger partial charge in [0.15, 0.2) is 17.3 Å². The van der Waals surface area contributed by atoms with Crippen LogP contribution in [-0.4, -0.2) is 27.7 Å². The number of carbonyl (C=O) groups excluding carboxylic acids is 2. The molecule has 0 saturated heterocycles. The number of methoxy groups -OCH3 is 1. The van der Waals surface area contributed by atoms with Crippen LogP contribution in [0.25, 0.3) is 6.08 Å². The maximum atomic E-state index is 12.5. The molecule has 1 aromatic rings. The molecule has 0 saturated carbocycles. The van der Waals surface area contributed by atoms with Gasteiger partial charge in [-0.25, -0.2) is 0 Å². The Kier molecular flexibility index (Phi) is 7.83. The van der Waals surface area contributed by atoms with Gasteiger partial charge in [-0.15, -0.1) is 0 Å². The van der Waals surface area contributed by atoms with Gasteiger partial charge in [-0.05, 0) is 37.6 Å². The highest BCUT2D eigenvalue weighted by Crippen LogP contribution is 2.41. The van der Waals surface area contributed by atoms with Crippen molar-refractivity contribution >= 4 is 26.7 Å². The monoisotopic (exact) mass is 404 g/mol. The molecule has 5 heteroatoms. The van der Waals surface area contributed by atoms with Crippen LogP contribution in [0.4, 0.5) is 0 Å². The minimum absolute atomic E-state index is 0.0612. The molecule has 0 aliphatic rings. The molecule has 0 aliphatic carbocycles. The van der Waals surface area contributed by atoms with Crippen LogP contribution < -0.4 is 9.16 Å². The number of rotatable bonds is 7. The molecule has 0 aromatic heterocycles. The summed E-state index contributed by atoms with van der Waals surface area (Å²) >= 11 is 0. The zero-order chi connectivity index (χ0) is 21.9. The Balaban J connectivity index is 3.35. The van der Waals surface area contributed by atoms with Gasteiger partial charge in [0.1, 0.15) is 5.78 Å². The van der Waals surface area contributed by atoms with Crippen LogP contribution in [0.3, 0.4) is 0 Å². The first-order chi connectivity index (χ1) is 12.7. The fourth-order valence-corrected chi connectivity index (χ4v) is 3.67. The third kappa shape index (κ3) is 6.06. The van der Waals surface area contributed by atoms with E-state index in [1.807, 2.05) is 32.9 Å². The molecule has 0 radical (unpaired) electrons. The molecule has 1 aromatic carbocycles. The van der Waals surface area contributed by atoms with Crippen molar-refractivity contribution in [3.8, 4) is 11.5 Å². The number of hydrogen-bond acceptors (Lipinski definition) is 4. The molecule has 1 atom stereocenters. The summed E-state index contributed by atoms with van der Waals surface area (Å²) < 4.78 is 11.9. The lowest BCUT2D eigenvalue weighted by Crippen LogP contribution is -2.30. The molecular formula is C23H36O4Si. The van der Waals surface area contributed by atoms with Crippen molar-refractivity contribution < 1.29 is 18.8 Å². The average molecular weight is 405 g/mol. The number of carbonyl (C=O) groups is 2. The summed E-state index contributed by atoms with van der Waals surface area (Å²) in [6, 6.07) is 3.97. The van der Waals surface area contributed by atoms with Crippen LogP contribution in [0.2, 0.25) is 13.1 Å². The van der Waals surface area contributed by atoms with E-state index in [1.54, 1.807) is 20.1 Å². The van der Waals surface area contributed by atoms with E-state index in [-0.39, 0.29) is 17.0 Å². The molecule has 156 valence electrons. The van der Waals surface area contributed by atoms with E-state index in [0.717, 1.165) is 11.1 Å². The highest BCUT2D eigenvalue weighted by Gasteiger charge is 2.30. The predicted octanol–water partition coefficient (Wildman–Crippen LogP) is 5.19. The van der Waals surface area contributed by atoms with Gasteiger partial charge < -0.3 is 9.16 Å². The van der Waals surface area contributed by atoms with Gasteiger partial charge in [-0.1, -0.05) is 53.7 Å². The van der Waals surface area contributed by atoms with E-state index in [4.69, 9.17) is 9.16 Å². The summed E-state index contributed by atoms with van der Waals surface area (Å²) in [7, 11) is 0.238. The Hall–Kier alpha value is -1.88. The van der Waals surface area contributed by atoms with Gasteiger partial charge >= 0.3 is 0 Å². The highest BCUT2D eigenvalue weighted by molar-refractivity contribution is 6.49. The summed E-state index contributed by atoms with van der Waals surface area (Å²) in [5, 5.41) is 0. The number of hydrogen-bond donors (Lipinski definition) is 0. The van der Waals surface area contributed by atoms with E-state index >= 15 is 0 Å². The number of allylic oxidation sites excluding steroid dienone is 1. The van der Waals surface area contributed by atoms with Gasteiger partial charge in [0.05, 0.1) is 13.0 Å². The van der Waals surface area contributed by atoms with Crippen LogP contribution in [0.1, 0.15) is 59.6 Å². The van der Waals surface area contributed by atoms with Crippen molar-refractivity contribution in [2.24, 2.45) is 11.3 Å². The van der Waals surface area contributed by atoms with Gasteiger partial charge in [-0.3, -0.25) is 9.59 Å². The fourth-order valence-electron chi connectivity index (χ4n) is 2.95. The SMILES string of the molecule is COc1c(C(C)(C)C)ccc(/C=C/C(=O)C(C)C(=O)C(C)(C)C)c1O[SiH](C)C. The van der Waals surface area contributed by atoms with Crippen molar-refractivity contribution in [1.29, 1.82) is 0 Å². The molecule has 0 spiro atoms. The molecule has 0 N–H and O–H groups in total. The minimum atomic E-state index is -1.40. The van der Waals surface area contributed by atoms with Crippen LogP contribution in [0, 0.1) is 11.3 Å². The maximum absolute atomic E-state index is 12.5. The second kappa shape index (κ2) is 9.08. The van der Waals surface area contributed by atoms with Gasteiger partial charge in [-0.2, -0.15) is 0 Å². The molecular weight excluding hydrogens is 368 g/mol. The summed E-state index contributed by atoms with van der Waals surface area (Å²) in [6.45, 7) is 17.7. The Morgan fingerprint density at radius 1 is 1.04 bits per heavy atom. The van der Waals surface area contributed by atoms with Crippen molar-refractivity contribution in [1.82, 2.24) is 0 Å². The Morgan fingerprint density at radius 2 is 1.61 bits per heavy atom. The van der Waals surface area contributed by atoms with Crippen LogP contribution >= 0.6 is 0 Å². The average Bonchev–Trinajstić information content (AvgIpc) is 2.56. The van der Waals surface area contributed by atoms with Crippen molar-refractivity contribution in [2.75, 3.05) is 7.11 Å². The number of ketones is 2. The lowest BCUT2D eigenvalue weighted by molar-refractivity contribution is -0.135. The molecule has 0 aliphatic heterocycles. The second-order valence-electron chi connectivity index (χ2n) is 9.55. The van der Waals surface area contributed by atoms with E-state index < -0.39 is 20.4 Å². The highest BCUT2D eigenvalue weighted by atomic mass is 28.3. The topological polar surface area (TPSA) is 52.6 Å². The van der Waals surface area contributed by atoms with Crippen LogP contribution in [-0.2, 0) is 15.0 Å². The van der Waals surface area contributed by atoms with E-state index in [2.05, 4.69) is 33.9 Å². The van der Waals surface area contributed by atoms with Crippen molar-refractivity contribution in [2.45, 2.75) is 67.0 Å². The fraction of sp³-hybridized carbons (Fsp3) is 0.565. The lowest BCUT2D eigenvalue weighted by atomic mass is 9.82. The molecule has 4 nitrogen and oxygen atoms in total. The van der Waals surface area contributed by atoms with Crippen LogP contribution in [0.5, 0.6) is 11.5 Å². The minimum Gasteiger partial charge on any atom is -0.544 e. The molecule has 0 amide bonds. The summed E-state index contributed by atoms with van der Waals surface area (Å²) in [5.74, 6) is 0.453. The van der Waals surface area contributed by atoms with Gasteiger partial charge in [0, 0.05) is 16.5 Å². The third-order valence-electron chi connectivity index (χ3n) is 4.49. The predicted molar refractivity (Wildman–Crippen MR) is 119 cm³/mol. The normalized spacial score (nSPS) is 13.7. The smallest absolute Gasteiger partial charge is 0.229 e. The van der Waals surface area contributed by atoms with E-state index in [1.165, 1.54) is 6.08 Å². The standard InChI is InChI=1S/C23H36O4Si/c1-15(21(25)23(5,6)7)18(24)14-12-16-11-13-17(22(2,3)4)20(26-8)19(16)27-28(9)10/h11-15,28H,1-10H3/b14-12+. The maximum Gasteiger partial charge on any atom is 0.229 e. The Bertz CT molecular complexity index is 749. The summed E-state index contributed by atoms with van der Waals surface area (Å²) in [4.78, 5) is 24.9. The summed E-state index contributed by atoms with van der Waals surface area (Å²) in [5.41, 5.74) is 1.19. The van der Waals surface area contributed by atoms with Gasteiger partial charge in [0.2, 0.25) is 9.04 Å². The summed E-state index contributed by atoms with van der Waals surface area (Å²) in [6.07, 6.45) is 3.21. The Morgan fingerprint density at radius 3 is 2.04 bits per heavy atom. The molecule has 0 heterocycles. The quantitative estimate of drug-likeness (QED) is 0.356. The van der Waals surface area contributed by atoms with Gasteiger partial charge in [0.25, 0.3) is 0 Å². The first kappa shape index (κ1) is 24.2. The van der Waals surface area contributed by atoms with Crippen molar-refractivity contribution in [3.05, 3.63) is 29.3 Å². The molecule has 1 rings (SSSR count). The first-order valence-corrected chi connectivity index (χ1v) is 12.6. The molecule has 0 fully saturated rings. The molecule has 0 bridgehead atoms. The number of ether oxygens (including phenoxy) is 1. The molecule has 1 unspecified atom stereocenters. The molecule has 28 heavy (non-hydrogen) atoms. The third-order valence-corrected chi connectivity index (χ3v) is 5.20. The van der Waals surface area contributed by atoms with E-state index in [0.29, 0.717) is 11.5 Å².